The fraction of sp³-hybridized carbons (Fsp3) is 0.485. The van der Waals surface area contributed by atoms with Crippen molar-refractivity contribution in [3.05, 3.63) is 71.8 Å². The number of carbonyl (C=O) groups excluding carboxylic acids is 5. The summed E-state index contributed by atoms with van der Waals surface area (Å²) in [6.45, 7) is 7.67. The van der Waals surface area contributed by atoms with E-state index in [1.807, 2.05) is 88.4 Å². The maximum Gasteiger partial charge on any atom is 0.408 e. The van der Waals surface area contributed by atoms with Crippen molar-refractivity contribution in [2.75, 3.05) is 0 Å². The number of nitrogens with one attached hydrogen (secondary N) is 1. The molecule has 0 saturated carbocycles. The number of hydrogen-bond acceptors (Lipinski definition) is 6. The van der Waals surface area contributed by atoms with Gasteiger partial charge in [-0.25, -0.2) is 4.79 Å². The van der Waals surface area contributed by atoms with Gasteiger partial charge in [-0.2, -0.15) is 0 Å². The third-order valence-corrected chi connectivity index (χ3v) is 7.30. The van der Waals surface area contributed by atoms with Crippen molar-refractivity contribution in [3.63, 3.8) is 0 Å². The number of hydrogen-bond donors (Lipinski definition) is 2. The quantitative estimate of drug-likeness (QED) is 0.239. The summed E-state index contributed by atoms with van der Waals surface area (Å²) >= 11 is 0. The van der Waals surface area contributed by atoms with E-state index in [1.165, 1.54) is 0 Å². The monoisotopic (exact) mass is 564 g/mol. The van der Waals surface area contributed by atoms with Crippen LogP contribution in [0.3, 0.4) is 0 Å². The van der Waals surface area contributed by atoms with Crippen LogP contribution in [0.2, 0.25) is 0 Å². The number of Topliss-reactive ketones (excluding diaryl/α,β-unsaturated/α-hetero) is 3. The van der Waals surface area contributed by atoms with Crippen molar-refractivity contribution in [1.29, 1.82) is 0 Å². The number of benzene rings is 2. The zero-order valence-corrected chi connectivity index (χ0v) is 24.6. The van der Waals surface area contributed by atoms with Crippen LogP contribution in [0.5, 0.6) is 0 Å². The second-order valence-electron chi connectivity index (χ2n) is 11.3. The lowest BCUT2D eigenvalue weighted by atomic mass is 9.79. The summed E-state index contributed by atoms with van der Waals surface area (Å²) in [5.74, 6) is -3.49. The standard InChI is InChI=1S/C33H44N2O6/c1-5-23(4)27(32(39)30(37)18-26(19-31(34)38)17-24-12-8-6-9-13-24)20-29(36)28(16-22(2)3)35-33(40)41-21-25-14-10-7-11-15-25/h6-15,22-23,26-28H,5,16-21H2,1-4H3,(H2,34,38)(H,35,40). The van der Waals surface area contributed by atoms with Gasteiger partial charge in [-0.3, -0.25) is 19.2 Å². The highest BCUT2D eigenvalue weighted by Gasteiger charge is 2.35. The molecule has 3 N–H and O–H groups in total. The largest absolute Gasteiger partial charge is 0.445 e. The van der Waals surface area contributed by atoms with Gasteiger partial charge in [0.2, 0.25) is 11.7 Å². The third kappa shape index (κ3) is 12.1. The Morgan fingerprint density at radius 2 is 1.41 bits per heavy atom. The van der Waals surface area contributed by atoms with Gasteiger partial charge in [0.05, 0.1) is 6.04 Å². The summed E-state index contributed by atoms with van der Waals surface area (Å²) in [4.78, 5) is 64.4. The second-order valence-corrected chi connectivity index (χ2v) is 11.3. The molecule has 41 heavy (non-hydrogen) atoms. The zero-order valence-electron chi connectivity index (χ0n) is 24.6. The molecule has 8 nitrogen and oxygen atoms in total. The van der Waals surface area contributed by atoms with Crippen LogP contribution in [0.1, 0.15) is 70.9 Å². The number of alkyl carbamates (subject to hydrolysis) is 1. The molecule has 4 unspecified atom stereocenters. The highest BCUT2D eigenvalue weighted by atomic mass is 16.5. The molecule has 0 spiro atoms. The van der Waals surface area contributed by atoms with Crippen LogP contribution in [0.25, 0.3) is 0 Å². The van der Waals surface area contributed by atoms with E-state index in [-0.39, 0.29) is 43.5 Å². The number of nitrogens with two attached hydrogens (primary N) is 1. The molecule has 0 aliphatic carbocycles. The van der Waals surface area contributed by atoms with Crippen molar-refractivity contribution in [2.24, 2.45) is 29.4 Å². The van der Waals surface area contributed by atoms with Gasteiger partial charge in [0.1, 0.15) is 6.61 Å². The van der Waals surface area contributed by atoms with Crippen LogP contribution in [-0.4, -0.2) is 35.4 Å². The number of primary amides is 1. The number of amides is 2. The molecule has 0 fully saturated rings. The van der Waals surface area contributed by atoms with Crippen molar-refractivity contribution in [3.8, 4) is 0 Å². The Bertz CT molecular complexity index is 1150. The number of ketones is 3. The summed E-state index contributed by atoms with van der Waals surface area (Å²) in [6.07, 6.45) is 0.352. The lowest BCUT2D eigenvalue weighted by molar-refractivity contribution is -0.142. The fourth-order valence-electron chi connectivity index (χ4n) is 4.86. The van der Waals surface area contributed by atoms with E-state index in [9.17, 15) is 24.0 Å². The minimum absolute atomic E-state index is 0.0215. The summed E-state index contributed by atoms with van der Waals surface area (Å²) in [7, 11) is 0. The molecule has 0 radical (unpaired) electrons. The first-order chi connectivity index (χ1) is 19.5. The highest BCUT2D eigenvalue weighted by Crippen LogP contribution is 2.25. The van der Waals surface area contributed by atoms with Crippen LogP contribution >= 0.6 is 0 Å². The van der Waals surface area contributed by atoms with Gasteiger partial charge in [0.25, 0.3) is 0 Å². The molecule has 0 aliphatic heterocycles. The SMILES string of the molecule is CCC(C)C(CC(=O)C(CC(C)C)NC(=O)OCc1ccccc1)C(=O)C(=O)CC(CC(N)=O)Cc1ccccc1. The van der Waals surface area contributed by atoms with Crippen LogP contribution < -0.4 is 11.1 Å². The molecule has 2 amide bonds. The van der Waals surface area contributed by atoms with Gasteiger partial charge >= 0.3 is 6.09 Å². The first-order valence-electron chi connectivity index (χ1n) is 14.4. The van der Waals surface area contributed by atoms with E-state index in [2.05, 4.69) is 5.32 Å². The van der Waals surface area contributed by atoms with E-state index in [1.54, 1.807) is 0 Å². The van der Waals surface area contributed by atoms with Gasteiger partial charge in [-0.05, 0) is 41.7 Å². The molecular weight excluding hydrogens is 520 g/mol. The van der Waals surface area contributed by atoms with Crippen molar-refractivity contribution in [1.82, 2.24) is 5.32 Å². The molecule has 0 aromatic heterocycles. The summed E-state index contributed by atoms with van der Waals surface area (Å²) < 4.78 is 5.31. The van der Waals surface area contributed by atoms with Crippen LogP contribution in [-0.2, 0) is 36.9 Å². The first kappa shape index (κ1) is 33.4. The summed E-state index contributed by atoms with van der Waals surface area (Å²) in [5.41, 5.74) is 7.19. The van der Waals surface area contributed by atoms with E-state index < -0.39 is 41.4 Å². The van der Waals surface area contributed by atoms with Crippen LogP contribution in [0.15, 0.2) is 60.7 Å². The predicted octanol–water partition coefficient (Wildman–Crippen LogP) is 5.21. The van der Waals surface area contributed by atoms with Gasteiger partial charge in [0.15, 0.2) is 11.6 Å². The second kappa shape index (κ2) is 17.1. The highest BCUT2D eigenvalue weighted by molar-refractivity contribution is 6.38. The lowest BCUT2D eigenvalue weighted by Crippen LogP contribution is -2.44. The van der Waals surface area contributed by atoms with Gasteiger partial charge in [-0.15, -0.1) is 0 Å². The zero-order chi connectivity index (χ0) is 30.4. The normalized spacial score (nSPS) is 14.0. The predicted molar refractivity (Wildman–Crippen MR) is 158 cm³/mol. The Labute approximate surface area is 243 Å². The smallest absolute Gasteiger partial charge is 0.408 e. The average molecular weight is 565 g/mol. The molecule has 2 rings (SSSR count). The van der Waals surface area contributed by atoms with Gasteiger partial charge in [0, 0.05) is 25.2 Å². The van der Waals surface area contributed by atoms with E-state index >= 15 is 0 Å². The Kier molecular flexibility index (Phi) is 13.9. The minimum atomic E-state index is -0.853. The maximum absolute atomic E-state index is 13.5. The van der Waals surface area contributed by atoms with Crippen LogP contribution in [0.4, 0.5) is 4.79 Å². The topological polar surface area (TPSA) is 133 Å². The van der Waals surface area contributed by atoms with Crippen molar-refractivity contribution in [2.45, 2.75) is 78.9 Å². The Morgan fingerprint density at radius 1 is 0.829 bits per heavy atom. The Morgan fingerprint density at radius 3 is 1.95 bits per heavy atom. The molecule has 2 aromatic carbocycles. The molecule has 222 valence electrons. The van der Waals surface area contributed by atoms with Gasteiger partial charge in [-0.1, -0.05) is 94.8 Å². The molecule has 8 heteroatoms. The molecule has 2 aromatic rings. The molecule has 0 saturated heterocycles. The number of ether oxygens (including phenoxy) is 1. The Balaban J connectivity index is 2.11. The van der Waals surface area contributed by atoms with Crippen molar-refractivity contribution >= 4 is 29.4 Å². The van der Waals surface area contributed by atoms with E-state index in [0.29, 0.717) is 19.3 Å². The maximum atomic E-state index is 13.5. The number of carbonyl (C=O) groups is 5. The Hall–Kier alpha value is -3.81. The van der Waals surface area contributed by atoms with E-state index in [4.69, 9.17) is 10.5 Å². The molecule has 0 aliphatic rings. The third-order valence-electron chi connectivity index (χ3n) is 7.30. The average Bonchev–Trinajstić information content (AvgIpc) is 2.94. The first-order valence-corrected chi connectivity index (χ1v) is 14.4. The van der Waals surface area contributed by atoms with Crippen LogP contribution in [0, 0.1) is 23.7 Å². The lowest BCUT2D eigenvalue weighted by Gasteiger charge is -2.25. The molecule has 4 atom stereocenters. The van der Waals surface area contributed by atoms with Crippen molar-refractivity contribution < 1.29 is 28.7 Å². The number of rotatable bonds is 18. The molecular formula is C33H44N2O6. The fourth-order valence-corrected chi connectivity index (χ4v) is 4.86. The molecule has 0 bridgehead atoms. The van der Waals surface area contributed by atoms with E-state index in [0.717, 1.165) is 11.1 Å². The van der Waals surface area contributed by atoms with Gasteiger partial charge < -0.3 is 15.8 Å². The minimum Gasteiger partial charge on any atom is -0.445 e. The summed E-state index contributed by atoms with van der Waals surface area (Å²) in [5, 5.41) is 2.67. The molecule has 0 heterocycles. The summed E-state index contributed by atoms with van der Waals surface area (Å²) in [6, 6.07) is 17.8.